The number of carbonyl (C=O) groups is 1. The van der Waals surface area contributed by atoms with Crippen LogP contribution in [0, 0.1) is 0 Å². The molecule has 2 rings (SSSR count). The first-order chi connectivity index (χ1) is 9.76. The van der Waals surface area contributed by atoms with Crippen LogP contribution in [0.2, 0.25) is 0 Å². The van der Waals surface area contributed by atoms with Crippen molar-refractivity contribution in [3.63, 3.8) is 0 Å². The van der Waals surface area contributed by atoms with E-state index in [2.05, 4.69) is 5.32 Å². The molecule has 0 atom stereocenters. The summed E-state index contributed by atoms with van der Waals surface area (Å²) in [6.07, 6.45) is 4.03. The predicted molar refractivity (Wildman–Crippen MR) is 81.0 cm³/mol. The van der Waals surface area contributed by atoms with Gasteiger partial charge in [-0.3, -0.25) is 4.79 Å². The molecule has 1 saturated carbocycles. The monoisotopic (exact) mass is 276 g/mol. The van der Waals surface area contributed by atoms with Gasteiger partial charge < -0.3 is 15.3 Å². The minimum Gasteiger partial charge on any atom is -0.396 e. The molecular weight excluding hydrogens is 252 g/mol. The Hall–Kier alpha value is -1.55. The number of benzene rings is 1. The zero-order chi connectivity index (χ0) is 14.4. The van der Waals surface area contributed by atoms with Crippen molar-refractivity contribution in [1.29, 1.82) is 0 Å². The van der Waals surface area contributed by atoms with Gasteiger partial charge in [-0.1, -0.05) is 0 Å². The SMILES string of the molecule is CCNc1ccc(C(=O)N(CCCO)C2CCC2)cc1. The van der Waals surface area contributed by atoms with Crippen molar-refractivity contribution in [3.8, 4) is 0 Å². The number of nitrogens with one attached hydrogen (secondary N) is 1. The van der Waals surface area contributed by atoms with E-state index in [1.807, 2.05) is 36.1 Å². The second kappa shape index (κ2) is 7.29. The Labute approximate surface area is 120 Å². The van der Waals surface area contributed by atoms with Crippen LogP contribution in [-0.2, 0) is 0 Å². The van der Waals surface area contributed by atoms with Gasteiger partial charge in [-0.05, 0) is 56.9 Å². The average Bonchev–Trinajstić information content (AvgIpc) is 2.42. The second-order valence-corrected chi connectivity index (χ2v) is 5.27. The van der Waals surface area contributed by atoms with Gasteiger partial charge >= 0.3 is 0 Å². The zero-order valence-corrected chi connectivity index (χ0v) is 12.1. The summed E-state index contributed by atoms with van der Waals surface area (Å²) in [5, 5.41) is 12.2. The molecule has 1 fully saturated rings. The highest BCUT2D eigenvalue weighted by molar-refractivity contribution is 5.94. The number of hydrogen-bond donors (Lipinski definition) is 2. The van der Waals surface area contributed by atoms with E-state index in [1.165, 1.54) is 6.42 Å². The Kier molecular flexibility index (Phi) is 5.41. The molecule has 110 valence electrons. The molecule has 0 bridgehead atoms. The Morgan fingerprint density at radius 3 is 2.55 bits per heavy atom. The van der Waals surface area contributed by atoms with Crippen molar-refractivity contribution in [2.75, 3.05) is 25.0 Å². The maximum Gasteiger partial charge on any atom is 0.254 e. The molecule has 1 amide bonds. The fourth-order valence-electron chi connectivity index (χ4n) is 2.49. The molecule has 0 saturated heterocycles. The highest BCUT2D eigenvalue weighted by atomic mass is 16.3. The molecule has 0 aromatic heterocycles. The highest BCUT2D eigenvalue weighted by Gasteiger charge is 2.28. The van der Waals surface area contributed by atoms with Crippen molar-refractivity contribution in [1.82, 2.24) is 4.90 Å². The van der Waals surface area contributed by atoms with Gasteiger partial charge in [0, 0.05) is 37.0 Å². The Balaban J connectivity index is 2.05. The largest absolute Gasteiger partial charge is 0.396 e. The molecule has 1 aromatic rings. The fourth-order valence-corrected chi connectivity index (χ4v) is 2.49. The van der Waals surface area contributed by atoms with Crippen LogP contribution < -0.4 is 5.32 Å². The molecule has 0 heterocycles. The third kappa shape index (κ3) is 3.51. The minimum absolute atomic E-state index is 0.0891. The first-order valence-electron chi connectivity index (χ1n) is 7.52. The lowest BCUT2D eigenvalue weighted by molar-refractivity contribution is 0.0562. The van der Waals surface area contributed by atoms with Crippen LogP contribution in [0.4, 0.5) is 5.69 Å². The Bertz CT molecular complexity index is 427. The quantitative estimate of drug-likeness (QED) is 0.804. The molecule has 0 unspecified atom stereocenters. The van der Waals surface area contributed by atoms with Crippen molar-refractivity contribution in [3.05, 3.63) is 29.8 Å². The standard InChI is InChI=1S/C16H24N2O2/c1-2-17-14-9-7-13(8-10-14)16(20)18(11-4-12-19)15-5-3-6-15/h7-10,15,17,19H,2-6,11-12H2,1H3. The number of anilines is 1. The molecule has 4 nitrogen and oxygen atoms in total. The van der Waals surface area contributed by atoms with Gasteiger partial charge in [0.05, 0.1) is 0 Å². The number of amides is 1. The van der Waals surface area contributed by atoms with Crippen molar-refractivity contribution in [2.24, 2.45) is 0 Å². The van der Waals surface area contributed by atoms with Gasteiger partial charge in [0.2, 0.25) is 0 Å². The van der Waals surface area contributed by atoms with Crippen LogP contribution in [-0.4, -0.2) is 41.7 Å². The normalized spacial score (nSPS) is 14.7. The van der Waals surface area contributed by atoms with Crippen molar-refractivity contribution in [2.45, 2.75) is 38.6 Å². The Morgan fingerprint density at radius 1 is 1.35 bits per heavy atom. The third-order valence-electron chi connectivity index (χ3n) is 3.85. The molecule has 1 aliphatic carbocycles. The molecule has 0 aliphatic heterocycles. The predicted octanol–water partition coefficient (Wildman–Crippen LogP) is 2.50. The third-order valence-corrected chi connectivity index (χ3v) is 3.85. The maximum absolute atomic E-state index is 12.6. The fraction of sp³-hybridized carbons (Fsp3) is 0.562. The molecule has 1 aromatic carbocycles. The molecule has 1 aliphatic rings. The zero-order valence-electron chi connectivity index (χ0n) is 12.1. The smallest absolute Gasteiger partial charge is 0.254 e. The number of hydrogen-bond acceptors (Lipinski definition) is 3. The van der Waals surface area contributed by atoms with E-state index >= 15 is 0 Å². The topological polar surface area (TPSA) is 52.6 Å². The second-order valence-electron chi connectivity index (χ2n) is 5.27. The van der Waals surface area contributed by atoms with E-state index in [1.54, 1.807) is 0 Å². The molecule has 4 heteroatoms. The summed E-state index contributed by atoms with van der Waals surface area (Å²) >= 11 is 0. The lowest BCUT2D eigenvalue weighted by Crippen LogP contribution is -2.44. The van der Waals surface area contributed by atoms with Gasteiger partial charge in [0.1, 0.15) is 0 Å². The summed E-state index contributed by atoms with van der Waals surface area (Å²) in [5.74, 6) is 0.0891. The first kappa shape index (κ1) is 14.9. The van der Waals surface area contributed by atoms with E-state index in [4.69, 9.17) is 5.11 Å². The first-order valence-corrected chi connectivity index (χ1v) is 7.52. The number of nitrogens with zero attached hydrogens (tertiary/aromatic N) is 1. The summed E-state index contributed by atoms with van der Waals surface area (Å²) in [6.45, 7) is 3.70. The lowest BCUT2D eigenvalue weighted by Gasteiger charge is -2.37. The van der Waals surface area contributed by atoms with Crippen LogP contribution in [0.3, 0.4) is 0 Å². The van der Waals surface area contributed by atoms with Crippen molar-refractivity contribution < 1.29 is 9.90 Å². The minimum atomic E-state index is 0.0891. The van der Waals surface area contributed by atoms with E-state index in [9.17, 15) is 4.79 Å². The average molecular weight is 276 g/mol. The molecule has 0 radical (unpaired) electrons. The summed E-state index contributed by atoms with van der Waals surface area (Å²) in [4.78, 5) is 14.5. The van der Waals surface area contributed by atoms with E-state index in [0.29, 0.717) is 19.0 Å². The summed E-state index contributed by atoms with van der Waals surface area (Å²) in [7, 11) is 0. The lowest BCUT2D eigenvalue weighted by atomic mass is 9.90. The van der Waals surface area contributed by atoms with Gasteiger partial charge in [0.25, 0.3) is 5.91 Å². The number of rotatable bonds is 7. The van der Waals surface area contributed by atoms with Crippen molar-refractivity contribution >= 4 is 11.6 Å². The van der Waals surface area contributed by atoms with Gasteiger partial charge in [0.15, 0.2) is 0 Å². The number of aliphatic hydroxyl groups excluding tert-OH is 1. The highest BCUT2D eigenvalue weighted by Crippen LogP contribution is 2.26. The maximum atomic E-state index is 12.6. The van der Waals surface area contributed by atoms with E-state index < -0.39 is 0 Å². The molecule has 2 N–H and O–H groups in total. The van der Waals surface area contributed by atoms with Crippen LogP contribution >= 0.6 is 0 Å². The van der Waals surface area contributed by atoms with Gasteiger partial charge in [-0.15, -0.1) is 0 Å². The number of aliphatic hydroxyl groups is 1. The molecule has 20 heavy (non-hydrogen) atoms. The van der Waals surface area contributed by atoms with E-state index in [-0.39, 0.29) is 12.5 Å². The summed E-state index contributed by atoms with van der Waals surface area (Å²) < 4.78 is 0. The van der Waals surface area contributed by atoms with Crippen LogP contribution in [0.15, 0.2) is 24.3 Å². The number of carbonyl (C=O) groups excluding carboxylic acids is 1. The van der Waals surface area contributed by atoms with Gasteiger partial charge in [-0.2, -0.15) is 0 Å². The molecule has 0 spiro atoms. The Morgan fingerprint density at radius 2 is 2.05 bits per heavy atom. The van der Waals surface area contributed by atoms with Gasteiger partial charge in [-0.25, -0.2) is 0 Å². The summed E-state index contributed by atoms with van der Waals surface area (Å²) in [6, 6.07) is 8.02. The van der Waals surface area contributed by atoms with Crippen LogP contribution in [0.1, 0.15) is 43.0 Å². The molecular formula is C16H24N2O2. The van der Waals surface area contributed by atoms with E-state index in [0.717, 1.165) is 30.6 Å². The van der Waals surface area contributed by atoms with Crippen LogP contribution in [0.25, 0.3) is 0 Å². The van der Waals surface area contributed by atoms with Crippen LogP contribution in [0.5, 0.6) is 0 Å². The summed E-state index contributed by atoms with van der Waals surface area (Å²) in [5.41, 5.74) is 1.77.